The van der Waals surface area contributed by atoms with Crippen LogP contribution in [0, 0.1) is 6.92 Å². The molecule has 2 aliphatic carbocycles. The fourth-order valence-electron chi connectivity index (χ4n) is 4.12. The van der Waals surface area contributed by atoms with Gasteiger partial charge in [-0.15, -0.1) is 11.8 Å². The summed E-state index contributed by atoms with van der Waals surface area (Å²) in [7, 11) is 0. The van der Waals surface area contributed by atoms with E-state index in [1.54, 1.807) is 11.8 Å². The smallest absolute Gasteiger partial charge is 0.293 e. The summed E-state index contributed by atoms with van der Waals surface area (Å²) < 4.78 is 2.05. The predicted octanol–water partition coefficient (Wildman–Crippen LogP) is 4.45. The molecule has 1 heterocycles. The van der Waals surface area contributed by atoms with E-state index in [-0.39, 0.29) is 5.69 Å². The highest BCUT2D eigenvalue weighted by atomic mass is 32.2. The van der Waals surface area contributed by atoms with E-state index in [2.05, 4.69) is 36.2 Å². The van der Waals surface area contributed by atoms with Gasteiger partial charge in [0.25, 0.3) is 0 Å². The van der Waals surface area contributed by atoms with E-state index in [1.807, 2.05) is 4.57 Å². The van der Waals surface area contributed by atoms with Crippen molar-refractivity contribution < 1.29 is 0 Å². The number of hydrogen-bond acceptors (Lipinski definition) is 3. The van der Waals surface area contributed by atoms with Gasteiger partial charge in [0.1, 0.15) is 5.03 Å². The number of rotatable bonds is 4. The van der Waals surface area contributed by atoms with Crippen molar-refractivity contribution in [1.29, 1.82) is 0 Å². The molecule has 126 valence electrons. The summed E-state index contributed by atoms with van der Waals surface area (Å²) >= 11 is 1.73. The van der Waals surface area contributed by atoms with E-state index in [0.29, 0.717) is 6.04 Å². The van der Waals surface area contributed by atoms with Gasteiger partial charge in [0.2, 0.25) is 0 Å². The third-order valence-electron chi connectivity index (χ3n) is 5.46. The van der Waals surface area contributed by atoms with Gasteiger partial charge in [0.15, 0.2) is 0 Å². The molecule has 0 amide bonds. The first kappa shape index (κ1) is 15.9. The van der Waals surface area contributed by atoms with Crippen molar-refractivity contribution in [2.45, 2.75) is 68.7 Å². The lowest BCUT2D eigenvalue weighted by Gasteiger charge is -2.19. The molecule has 1 aromatic carbocycles. The van der Waals surface area contributed by atoms with Crippen molar-refractivity contribution in [3.8, 4) is 0 Å². The molecule has 3 nitrogen and oxygen atoms in total. The fraction of sp³-hybridized carbons (Fsp3) is 0.500. The molecular weight excluding hydrogens is 316 g/mol. The van der Waals surface area contributed by atoms with Gasteiger partial charge < -0.3 is 0 Å². The highest BCUT2D eigenvalue weighted by Gasteiger charge is 2.27. The van der Waals surface area contributed by atoms with Crippen molar-refractivity contribution in [3.63, 3.8) is 0 Å². The van der Waals surface area contributed by atoms with Crippen LogP contribution in [0.1, 0.15) is 60.5 Å². The molecule has 0 spiro atoms. The molecule has 0 unspecified atom stereocenters. The molecule has 0 aliphatic heterocycles. The molecule has 0 radical (unpaired) electrons. The molecule has 0 saturated heterocycles. The number of nitrogens with zero attached hydrogens (tertiary/aromatic N) is 2. The maximum atomic E-state index is 12.7. The quantitative estimate of drug-likeness (QED) is 0.609. The number of aryl methyl sites for hydroxylation is 1. The van der Waals surface area contributed by atoms with Crippen LogP contribution in [0.4, 0.5) is 0 Å². The SMILES string of the molecule is Cc1ccccc1CSc1nc(=O)n(C2CCCC2)c2c1CCC2. The molecule has 2 aliphatic rings. The lowest BCUT2D eigenvalue weighted by Crippen LogP contribution is -2.29. The molecule has 1 aromatic heterocycles. The zero-order valence-electron chi connectivity index (χ0n) is 14.3. The van der Waals surface area contributed by atoms with Crippen LogP contribution in [-0.4, -0.2) is 9.55 Å². The van der Waals surface area contributed by atoms with E-state index in [1.165, 1.54) is 35.2 Å². The molecule has 1 fully saturated rings. The lowest BCUT2D eigenvalue weighted by molar-refractivity contribution is 0.471. The molecule has 1 saturated carbocycles. The molecule has 0 atom stereocenters. The van der Waals surface area contributed by atoms with E-state index >= 15 is 0 Å². The minimum atomic E-state index is -0.0187. The number of thioether (sulfide) groups is 1. The van der Waals surface area contributed by atoms with Crippen LogP contribution >= 0.6 is 11.8 Å². The van der Waals surface area contributed by atoms with Crippen LogP contribution in [0.15, 0.2) is 34.1 Å². The summed E-state index contributed by atoms with van der Waals surface area (Å²) in [6.45, 7) is 2.14. The molecule has 4 rings (SSSR count). The van der Waals surface area contributed by atoms with Gasteiger partial charge >= 0.3 is 5.69 Å². The Morgan fingerprint density at radius 2 is 1.96 bits per heavy atom. The minimum Gasteiger partial charge on any atom is -0.293 e. The Labute approximate surface area is 147 Å². The van der Waals surface area contributed by atoms with Crippen LogP contribution in [0.25, 0.3) is 0 Å². The van der Waals surface area contributed by atoms with Crippen molar-refractivity contribution >= 4 is 11.8 Å². The van der Waals surface area contributed by atoms with Crippen LogP contribution in [0.2, 0.25) is 0 Å². The Morgan fingerprint density at radius 1 is 1.17 bits per heavy atom. The Kier molecular flexibility index (Phi) is 4.49. The largest absolute Gasteiger partial charge is 0.349 e. The van der Waals surface area contributed by atoms with E-state index in [0.717, 1.165) is 42.9 Å². The van der Waals surface area contributed by atoms with Crippen molar-refractivity contribution in [3.05, 3.63) is 57.1 Å². The highest BCUT2D eigenvalue weighted by Crippen LogP contribution is 2.35. The summed E-state index contributed by atoms with van der Waals surface area (Å²) in [5, 5.41) is 0.977. The van der Waals surface area contributed by atoms with Crippen LogP contribution in [0.5, 0.6) is 0 Å². The van der Waals surface area contributed by atoms with Gasteiger partial charge in [-0.05, 0) is 50.2 Å². The van der Waals surface area contributed by atoms with Crippen LogP contribution < -0.4 is 5.69 Å². The predicted molar refractivity (Wildman–Crippen MR) is 98.8 cm³/mol. The average molecular weight is 340 g/mol. The molecule has 0 bridgehead atoms. The zero-order valence-corrected chi connectivity index (χ0v) is 15.1. The first-order valence-electron chi connectivity index (χ1n) is 9.05. The fourth-order valence-corrected chi connectivity index (χ4v) is 5.28. The van der Waals surface area contributed by atoms with E-state index in [4.69, 9.17) is 0 Å². The van der Waals surface area contributed by atoms with Crippen molar-refractivity contribution in [2.75, 3.05) is 0 Å². The summed E-state index contributed by atoms with van der Waals surface area (Å²) in [6, 6.07) is 8.86. The Balaban J connectivity index is 1.65. The van der Waals surface area contributed by atoms with Gasteiger partial charge in [-0.2, -0.15) is 4.98 Å². The summed E-state index contributed by atoms with van der Waals surface area (Å²) in [6.07, 6.45) is 8.05. The summed E-state index contributed by atoms with van der Waals surface area (Å²) in [4.78, 5) is 17.2. The van der Waals surface area contributed by atoms with E-state index < -0.39 is 0 Å². The van der Waals surface area contributed by atoms with Gasteiger partial charge in [-0.3, -0.25) is 4.57 Å². The standard InChI is InChI=1S/C20H24N2OS/c1-14-7-2-3-8-15(14)13-24-19-17-11-6-12-18(17)22(20(23)21-19)16-9-4-5-10-16/h2-3,7-8,16H,4-6,9-13H2,1H3. The maximum absolute atomic E-state index is 12.7. The first-order valence-corrected chi connectivity index (χ1v) is 10.0. The number of benzene rings is 1. The second-order valence-corrected chi connectivity index (χ2v) is 7.97. The van der Waals surface area contributed by atoms with Crippen molar-refractivity contribution in [2.24, 2.45) is 0 Å². The highest BCUT2D eigenvalue weighted by molar-refractivity contribution is 7.98. The van der Waals surface area contributed by atoms with Gasteiger partial charge in [-0.1, -0.05) is 37.1 Å². The zero-order chi connectivity index (χ0) is 16.5. The molecule has 4 heteroatoms. The molecular formula is C20H24N2OS. The second kappa shape index (κ2) is 6.75. The summed E-state index contributed by atoms with van der Waals surface area (Å²) in [5.41, 5.74) is 5.25. The number of aromatic nitrogens is 2. The van der Waals surface area contributed by atoms with Gasteiger partial charge in [0.05, 0.1) is 0 Å². The molecule has 24 heavy (non-hydrogen) atoms. The third kappa shape index (κ3) is 2.92. The second-order valence-electron chi connectivity index (χ2n) is 7.00. The van der Waals surface area contributed by atoms with Gasteiger partial charge in [0, 0.05) is 23.1 Å². The molecule has 2 aromatic rings. The first-order chi connectivity index (χ1) is 11.7. The topological polar surface area (TPSA) is 34.9 Å². The van der Waals surface area contributed by atoms with Crippen LogP contribution in [0.3, 0.4) is 0 Å². The average Bonchev–Trinajstić information content (AvgIpc) is 3.25. The summed E-state index contributed by atoms with van der Waals surface area (Å²) in [5.74, 6) is 0.888. The van der Waals surface area contributed by atoms with E-state index in [9.17, 15) is 4.79 Å². The normalized spacial score (nSPS) is 17.4. The number of hydrogen-bond donors (Lipinski definition) is 0. The Hall–Kier alpha value is -1.55. The monoisotopic (exact) mass is 340 g/mol. The maximum Gasteiger partial charge on any atom is 0.349 e. The Morgan fingerprint density at radius 3 is 2.75 bits per heavy atom. The number of fused-ring (bicyclic) bond motifs is 1. The molecule has 0 N–H and O–H groups in total. The third-order valence-corrected chi connectivity index (χ3v) is 6.52. The van der Waals surface area contributed by atoms with Crippen LogP contribution in [-0.2, 0) is 18.6 Å². The van der Waals surface area contributed by atoms with Crippen molar-refractivity contribution in [1.82, 2.24) is 9.55 Å². The minimum absolute atomic E-state index is 0.0187. The lowest BCUT2D eigenvalue weighted by atomic mass is 10.1. The Bertz CT molecular complexity index is 806. The van der Waals surface area contributed by atoms with Gasteiger partial charge in [-0.25, -0.2) is 4.79 Å².